The molecule has 2 aliphatic heterocycles. The third-order valence-electron chi connectivity index (χ3n) is 3.31. The highest BCUT2D eigenvalue weighted by Gasteiger charge is 2.53. The number of β-lactam (4-membered cyclic amide) rings is 1. The van der Waals surface area contributed by atoms with Gasteiger partial charge >= 0.3 is 5.97 Å². The molecule has 2 amide bonds. The molecular weight excluding hydrogens is 256 g/mol. The van der Waals surface area contributed by atoms with Gasteiger partial charge in [-0.15, -0.1) is 0 Å². The smallest absolute Gasteiger partial charge is 0.327 e. The van der Waals surface area contributed by atoms with Gasteiger partial charge in [-0.25, -0.2) is 4.79 Å². The van der Waals surface area contributed by atoms with Crippen molar-refractivity contribution >= 4 is 29.5 Å². The van der Waals surface area contributed by atoms with Gasteiger partial charge in [-0.05, 0) is 6.42 Å². The van der Waals surface area contributed by atoms with Gasteiger partial charge < -0.3 is 15.3 Å². The highest BCUT2D eigenvalue weighted by Crippen LogP contribution is 2.40. The first-order valence-electron chi connectivity index (χ1n) is 5.90. The van der Waals surface area contributed by atoms with Crippen LogP contribution in [0.15, 0.2) is 0 Å². The Hall–Kier alpha value is -1.24. The van der Waals surface area contributed by atoms with Crippen LogP contribution in [0.2, 0.25) is 0 Å². The minimum Gasteiger partial charge on any atom is -0.480 e. The average molecular weight is 272 g/mol. The number of aliphatic carboxylic acids is 1. The van der Waals surface area contributed by atoms with E-state index in [-0.39, 0.29) is 23.1 Å². The molecule has 2 fully saturated rings. The number of carboxylic acid groups (broad SMARTS) is 1. The zero-order valence-electron chi connectivity index (χ0n) is 10.1. The zero-order valence-corrected chi connectivity index (χ0v) is 10.9. The molecule has 0 aromatic heterocycles. The second kappa shape index (κ2) is 5.17. The normalized spacial score (nSPS) is 29.7. The van der Waals surface area contributed by atoms with E-state index in [0.29, 0.717) is 18.7 Å². The summed E-state index contributed by atoms with van der Waals surface area (Å²) in [5.41, 5.74) is 0. The first-order valence-corrected chi connectivity index (χ1v) is 6.95. The standard InChI is InChI=1S/C11H16N2O4S/c1-6(14)12-2-3-18-8-4-7-5-9(15)13(7)10(8)11(16)17/h7-8,10H,2-5H2,1H3,(H,12,14)(H,16,17). The largest absolute Gasteiger partial charge is 0.480 e. The van der Waals surface area contributed by atoms with E-state index in [1.807, 2.05) is 0 Å². The molecule has 2 N–H and O–H groups in total. The van der Waals surface area contributed by atoms with Crippen LogP contribution in [0.1, 0.15) is 19.8 Å². The van der Waals surface area contributed by atoms with Gasteiger partial charge in [0.15, 0.2) is 0 Å². The molecule has 0 aliphatic carbocycles. The number of carbonyl (C=O) groups is 3. The van der Waals surface area contributed by atoms with Gasteiger partial charge in [-0.1, -0.05) is 0 Å². The summed E-state index contributed by atoms with van der Waals surface area (Å²) in [6.45, 7) is 1.98. The summed E-state index contributed by atoms with van der Waals surface area (Å²) in [5, 5.41) is 11.8. The van der Waals surface area contributed by atoms with Crippen molar-refractivity contribution in [2.75, 3.05) is 12.3 Å². The number of nitrogens with one attached hydrogen (secondary N) is 1. The van der Waals surface area contributed by atoms with Gasteiger partial charge in [0.05, 0.1) is 0 Å². The number of thioether (sulfide) groups is 1. The minimum absolute atomic E-state index is 0.0580. The van der Waals surface area contributed by atoms with E-state index in [0.717, 1.165) is 6.42 Å². The van der Waals surface area contributed by atoms with Crippen LogP contribution in [0, 0.1) is 0 Å². The van der Waals surface area contributed by atoms with E-state index in [4.69, 9.17) is 0 Å². The Morgan fingerprint density at radius 1 is 1.56 bits per heavy atom. The highest BCUT2D eigenvalue weighted by atomic mass is 32.2. The van der Waals surface area contributed by atoms with Crippen LogP contribution in [0.3, 0.4) is 0 Å². The maximum absolute atomic E-state index is 11.4. The van der Waals surface area contributed by atoms with Crippen molar-refractivity contribution in [2.45, 2.75) is 37.1 Å². The molecule has 3 unspecified atom stereocenters. The number of hydrogen-bond acceptors (Lipinski definition) is 4. The first kappa shape index (κ1) is 13.2. The van der Waals surface area contributed by atoms with Crippen LogP contribution < -0.4 is 5.32 Å². The SMILES string of the molecule is CC(=O)NCCSC1CC2CC(=O)N2C1C(=O)O. The Balaban J connectivity index is 1.86. The molecule has 0 aromatic carbocycles. The van der Waals surface area contributed by atoms with E-state index < -0.39 is 12.0 Å². The van der Waals surface area contributed by atoms with Crippen LogP contribution in [-0.4, -0.2) is 57.4 Å². The molecule has 0 aromatic rings. The van der Waals surface area contributed by atoms with Crippen LogP contribution in [0.4, 0.5) is 0 Å². The van der Waals surface area contributed by atoms with Gasteiger partial charge in [0.2, 0.25) is 11.8 Å². The lowest BCUT2D eigenvalue weighted by Gasteiger charge is -2.37. The number of rotatable bonds is 5. The summed E-state index contributed by atoms with van der Waals surface area (Å²) >= 11 is 1.52. The van der Waals surface area contributed by atoms with Gasteiger partial charge in [0, 0.05) is 36.9 Å². The van der Waals surface area contributed by atoms with E-state index in [1.165, 1.54) is 23.6 Å². The number of fused-ring (bicyclic) bond motifs is 1. The molecule has 0 radical (unpaired) electrons. The third-order valence-corrected chi connectivity index (χ3v) is 4.63. The molecule has 18 heavy (non-hydrogen) atoms. The lowest BCUT2D eigenvalue weighted by atomic mass is 10.0. The number of hydrogen-bond donors (Lipinski definition) is 2. The summed E-state index contributed by atoms with van der Waals surface area (Å²) < 4.78 is 0. The van der Waals surface area contributed by atoms with Crippen molar-refractivity contribution in [3.05, 3.63) is 0 Å². The zero-order chi connectivity index (χ0) is 13.3. The molecule has 0 saturated carbocycles. The first-order chi connectivity index (χ1) is 8.50. The Bertz CT molecular complexity index is 387. The van der Waals surface area contributed by atoms with E-state index in [1.54, 1.807) is 0 Å². The Kier molecular flexibility index (Phi) is 3.79. The van der Waals surface area contributed by atoms with E-state index in [2.05, 4.69) is 5.32 Å². The van der Waals surface area contributed by atoms with Crippen LogP contribution in [0.5, 0.6) is 0 Å². The molecule has 0 spiro atoms. The molecular formula is C11H16N2O4S. The van der Waals surface area contributed by atoms with E-state index in [9.17, 15) is 19.5 Å². The molecule has 2 saturated heterocycles. The predicted octanol–water partition coefficient (Wildman–Crippen LogP) is -0.318. The second-order valence-electron chi connectivity index (χ2n) is 4.57. The molecule has 2 aliphatic rings. The fourth-order valence-corrected chi connectivity index (χ4v) is 3.84. The molecule has 7 heteroatoms. The molecule has 0 bridgehead atoms. The lowest BCUT2D eigenvalue weighted by molar-refractivity contribution is -0.156. The third kappa shape index (κ3) is 2.45. The van der Waals surface area contributed by atoms with Crippen molar-refractivity contribution in [1.82, 2.24) is 10.2 Å². The number of carboxylic acids is 1. The molecule has 2 rings (SSSR count). The predicted molar refractivity (Wildman–Crippen MR) is 66.2 cm³/mol. The number of amides is 2. The highest BCUT2D eigenvalue weighted by molar-refractivity contribution is 8.00. The topological polar surface area (TPSA) is 86.7 Å². The van der Waals surface area contributed by atoms with Gasteiger partial charge in [-0.3, -0.25) is 9.59 Å². The average Bonchev–Trinajstić information content (AvgIpc) is 2.57. The van der Waals surface area contributed by atoms with Crippen LogP contribution >= 0.6 is 11.8 Å². The fraction of sp³-hybridized carbons (Fsp3) is 0.727. The van der Waals surface area contributed by atoms with E-state index >= 15 is 0 Å². The quantitative estimate of drug-likeness (QED) is 0.529. The van der Waals surface area contributed by atoms with Crippen molar-refractivity contribution in [2.24, 2.45) is 0 Å². The van der Waals surface area contributed by atoms with Crippen molar-refractivity contribution in [1.29, 1.82) is 0 Å². The second-order valence-corrected chi connectivity index (χ2v) is 5.92. The van der Waals surface area contributed by atoms with Gasteiger partial charge in [-0.2, -0.15) is 11.8 Å². The van der Waals surface area contributed by atoms with Crippen molar-refractivity contribution in [3.63, 3.8) is 0 Å². The summed E-state index contributed by atoms with van der Waals surface area (Å²) in [6.07, 6.45) is 1.22. The van der Waals surface area contributed by atoms with Gasteiger partial charge in [0.1, 0.15) is 6.04 Å². The fourth-order valence-electron chi connectivity index (χ4n) is 2.53. The Morgan fingerprint density at radius 2 is 2.28 bits per heavy atom. The summed E-state index contributed by atoms with van der Waals surface area (Å²) in [4.78, 5) is 34.8. The Labute approximate surface area is 109 Å². The lowest BCUT2D eigenvalue weighted by Crippen LogP contribution is -2.55. The molecule has 100 valence electrons. The minimum atomic E-state index is -0.928. The molecule has 3 atom stereocenters. The van der Waals surface area contributed by atoms with Crippen LogP contribution in [0.25, 0.3) is 0 Å². The summed E-state index contributed by atoms with van der Waals surface area (Å²) in [7, 11) is 0. The van der Waals surface area contributed by atoms with Crippen molar-refractivity contribution < 1.29 is 19.5 Å². The Morgan fingerprint density at radius 3 is 2.83 bits per heavy atom. The monoisotopic (exact) mass is 272 g/mol. The number of nitrogens with zero attached hydrogens (tertiary/aromatic N) is 1. The van der Waals surface area contributed by atoms with Crippen molar-refractivity contribution in [3.8, 4) is 0 Å². The summed E-state index contributed by atoms with van der Waals surface area (Å²) in [5.74, 6) is -0.404. The maximum atomic E-state index is 11.4. The number of carbonyl (C=O) groups excluding carboxylic acids is 2. The summed E-state index contributed by atoms with van der Waals surface area (Å²) in [6, 6.07) is -0.588. The van der Waals surface area contributed by atoms with Crippen LogP contribution in [-0.2, 0) is 14.4 Å². The maximum Gasteiger partial charge on any atom is 0.327 e. The molecule has 2 heterocycles. The van der Waals surface area contributed by atoms with Gasteiger partial charge in [0.25, 0.3) is 0 Å². The molecule has 6 nitrogen and oxygen atoms in total.